The zero-order chi connectivity index (χ0) is 14.9. The van der Waals surface area contributed by atoms with E-state index in [0.717, 1.165) is 30.8 Å². The Morgan fingerprint density at radius 1 is 1.40 bits per heavy atom. The molecule has 0 aromatic carbocycles. The molecule has 1 aliphatic heterocycles. The van der Waals surface area contributed by atoms with Gasteiger partial charge in [-0.2, -0.15) is 5.10 Å². The molecule has 114 valence electrons. The fourth-order valence-electron chi connectivity index (χ4n) is 2.92. The van der Waals surface area contributed by atoms with E-state index in [2.05, 4.69) is 10.00 Å². The van der Waals surface area contributed by atoms with Crippen molar-refractivity contribution < 1.29 is 10.2 Å². The molecule has 1 aromatic heterocycles. The summed E-state index contributed by atoms with van der Waals surface area (Å²) >= 11 is 0. The maximum absolute atomic E-state index is 10.2. The molecule has 2 atom stereocenters. The maximum atomic E-state index is 10.2. The van der Waals surface area contributed by atoms with Gasteiger partial charge < -0.3 is 15.9 Å². The Labute approximate surface area is 120 Å². The van der Waals surface area contributed by atoms with E-state index in [-0.39, 0.29) is 0 Å². The number of aliphatic hydroxyl groups is 2. The summed E-state index contributed by atoms with van der Waals surface area (Å²) in [5, 5.41) is 24.6. The van der Waals surface area contributed by atoms with Gasteiger partial charge in [0.25, 0.3) is 0 Å². The van der Waals surface area contributed by atoms with Crippen molar-refractivity contribution in [2.75, 3.05) is 25.4 Å². The van der Waals surface area contributed by atoms with Gasteiger partial charge in [-0.15, -0.1) is 0 Å². The Bertz CT molecular complexity index is 470. The highest BCUT2D eigenvalue weighted by Gasteiger charge is 2.29. The fourth-order valence-corrected chi connectivity index (χ4v) is 2.92. The van der Waals surface area contributed by atoms with Crippen molar-refractivity contribution in [3.05, 3.63) is 11.4 Å². The first-order valence-electron chi connectivity index (χ1n) is 7.21. The van der Waals surface area contributed by atoms with Crippen LogP contribution in [0.4, 0.5) is 5.69 Å². The second-order valence-electron chi connectivity index (χ2n) is 6.26. The molecule has 4 N–H and O–H groups in total. The minimum atomic E-state index is -0.638. The second kappa shape index (κ2) is 5.71. The highest BCUT2D eigenvalue weighted by atomic mass is 16.3. The van der Waals surface area contributed by atoms with Crippen LogP contribution < -0.4 is 5.73 Å². The van der Waals surface area contributed by atoms with Gasteiger partial charge in [-0.1, -0.05) is 0 Å². The molecule has 0 aliphatic carbocycles. The largest absolute Gasteiger partial charge is 0.396 e. The Morgan fingerprint density at radius 3 is 2.65 bits per heavy atom. The van der Waals surface area contributed by atoms with Crippen LogP contribution in [0.25, 0.3) is 0 Å². The minimum Gasteiger partial charge on any atom is -0.396 e. The van der Waals surface area contributed by atoms with Crippen molar-refractivity contribution in [1.82, 2.24) is 14.7 Å². The van der Waals surface area contributed by atoms with Crippen LogP contribution in [0.15, 0.2) is 0 Å². The first-order chi connectivity index (χ1) is 9.28. The van der Waals surface area contributed by atoms with Crippen LogP contribution in [0.1, 0.15) is 31.2 Å². The summed E-state index contributed by atoms with van der Waals surface area (Å²) in [7, 11) is 0. The third-order valence-electron chi connectivity index (χ3n) is 4.04. The van der Waals surface area contributed by atoms with E-state index in [0.29, 0.717) is 25.3 Å². The number of piperidine rings is 1. The molecule has 0 amide bonds. The number of hydrogen-bond donors (Lipinski definition) is 3. The average molecular weight is 282 g/mol. The number of nitrogen functional groups attached to an aromatic ring is 1. The highest BCUT2D eigenvalue weighted by molar-refractivity contribution is 5.46. The summed E-state index contributed by atoms with van der Waals surface area (Å²) in [5.41, 5.74) is 7.64. The van der Waals surface area contributed by atoms with Crippen LogP contribution in [0, 0.1) is 13.8 Å². The molecule has 2 heterocycles. The van der Waals surface area contributed by atoms with E-state index in [4.69, 9.17) is 5.73 Å². The fraction of sp³-hybridized carbons (Fsp3) is 0.786. The smallest absolute Gasteiger partial charge is 0.0862 e. The van der Waals surface area contributed by atoms with Crippen molar-refractivity contribution in [2.24, 2.45) is 0 Å². The topological polar surface area (TPSA) is 87.5 Å². The Hall–Kier alpha value is -1.11. The molecule has 0 bridgehead atoms. The molecule has 0 saturated carbocycles. The van der Waals surface area contributed by atoms with Gasteiger partial charge in [0.2, 0.25) is 0 Å². The van der Waals surface area contributed by atoms with Gasteiger partial charge in [-0.25, -0.2) is 0 Å². The predicted octanol–water partition coefficient (Wildman–Crippen LogP) is 0.290. The summed E-state index contributed by atoms with van der Waals surface area (Å²) in [5.74, 6) is 0. The van der Waals surface area contributed by atoms with E-state index >= 15 is 0 Å². The Balaban J connectivity index is 1.92. The number of nitrogens with zero attached hydrogens (tertiary/aromatic N) is 3. The quantitative estimate of drug-likeness (QED) is 0.739. The van der Waals surface area contributed by atoms with E-state index in [1.54, 1.807) is 4.68 Å². The summed E-state index contributed by atoms with van der Waals surface area (Å²) in [4.78, 5) is 2.11. The lowest BCUT2D eigenvalue weighted by molar-refractivity contribution is -0.0297. The molecular weight excluding hydrogens is 256 g/mol. The summed E-state index contributed by atoms with van der Waals surface area (Å²) in [6.07, 6.45) is 1.28. The molecule has 2 rings (SSSR count). The predicted molar refractivity (Wildman–Crippen MR) is 78.4 cm³/mol. The Kier molecular flexibility index (Phi) is 4.36. The highest BCUT2D eigenvalue weighted by Crippen LogP contribution is 2.20. The number of likely N-dealkylation sites (tertiary alicyclic amines) is 1. The van der Waals surface area contributed by atoms with Gasteiger partial charge in [0.05, 0.1) is 35.3 Å². The normalized spacial score (nSPS) is 25.9. The van der Waals surface area contributed by atoms with E-state index < -0.39 is 11.7 Å². The van der Waals surface area contributed by atoms with Gasteiger partial charge in [0.15, 0.2) is 0 Å². The van der Waals surface area contributed by atoms with E-state index in [1.165, 1.54) is 0 Å². The monoisotopic (exact) mass is 282 g/mol. The van der Waals surface area contributed by atoms with Gasteiger partial charge in [0.1, 0.15) is 0 Å². The second-order valence-corrected chi connectivity index (χ2v) is 6.26. The maximum Gasteiger partial charge on any atom is 0.0862 e. The van der Waals surface area contributed by atoms with Crippen molar-refractivity contribution in [3.63, 3.8) is 0 Å². The number of aryl methyl sites for hydroxylation is 1. The summed E-state index contributed by atoms with van der Waals surface area (Å²) < 4.78 is 1.76. The van der Waals surface area contributed by atoms with E-state index in [9.17, 15) is 10.2 Å². The molecule has 0 spiro atoms. The standard InChI is InChI=1S/C14H26N4O2/c1-10-13(15)11(2)18(16-10)8-12(19)7-17-6-4-5-14(3,20)9-17/h12,19-20H,4-9,15H2,1-3H3. The molecule has 1 aromatic rings. The number of nitrogens with two attached hydrogens (primary N) is 1. The number of aliphatic hydroxyl groups excluding tert-OH is 1. The molecule has 6 heteroatoms. The lowest BCUT2D eigenvalue weighted by atomic mass is 9.95. The van der Waals surface area contributed by atoms with Crippen molar-refractivity contribution in [1.29, 1.82) is 0 Å². The molecule has 1 aliphatic rings. The SMILES string of the molecule is Cc1nn(CC(O)CN2CCCC(C)(O)C2)c(C)c1N. The first-order valence-corrected chi connectivity index (χ1v) is 7.21. The van der Waals surface area contributed by atoms with Crippen LogP contribution in [0.2, 0.25) is 0 Å². The molecule has 1 fully saturated rings. The van der Waals surface area contributed by atoms with Crippen LogP contribution >= 0.6 is 0 Å². The lowest BCUT2D eigenvalue weighted by Crippen LogP contribution is -2.48. The van der Waals surface area contributed by atoms with Crippen LogP contribution in [0.5, 0.6) is 0 Å². The summed E-state index contributed by atoms with van der Waals surface area (Å²) in [6.45, 7) is 8.15. The van der Waals surface area contributed by atoms with Gasteiger partial charge in [-0.3, -0.25) is 9.58 Å². The summed E-state index contributed by atoms with van der Waals surface area (Å²) in [6, 6.07) is 0. The van der Waals surface area contributed by atoms with Crippen LogP contribution in [-0.4, -0.2) is 56.2 Å². The number of rotatable bonds is 4. The van der Waals surface area contributed by atoms with Crippen molar-refractivity contribution in [2.45, 2.75) is 51.9 Å². The van der Waals surface area contributed by atoms with Crippen LogP contribution in [0.3, 0.4) is 0 Å². The first kappa shape index (κ1) is 15.3. The van der Waals surface area contributed by atoms with Gasteiger partial charge in [0, 0.05) is 13.1 Å². The molecule has 1 saturated heterocycles. The molecular formula is C14H26N4O2. The Morgan fingerprint density at radius 2 is 2.10 bits per heavy atom. The number of β-amino-alcohol motifs (C(OH)–C–C–N with tert-alkyl or cyclic N) is 2. The number of anilines is 1. The lowest BCUT2D eigenvalue weighted by Gasteiger charge is -2.37. The van der Waals surface area contributed by atoms with Gasteiger partial charge >= 0.3 is 0 Å². The molecule has 2 unspecified atom stereocenters. The van der Waals surface area contributed by atoms with Crippen molar-refractivity contribution in [3.8, 4) is 0 Å². The number of hydrogen-bond acceptors (Lipinski definition) is 5. The van der Waals surface area contributed by atoms with E-state index in [1.807, 2.05) is 20.8 Å². The van der Waals surface area contributed by atoms with Gasteiger partial charge in [-0.05, 0) is 40.2 Å². The average Bonchev–Trinajstić information content (AvgIpc) is 2.55. The molecule has 6 nitrogen and oxygen atoms in total. The van der Waals surface area contributed by atoms with Crippen LogP contribution in [-0.2, 0) is 6.54 Å². The minimum absolute atomic E-state index is 0.433. The molecule has 0 radical (unpaired) electrons. The number of aromatic nitrogens is 2. The third kappa shape index (κ3) is 3.50. The zero-order valence-electron chi connectivity index (χ0n) is 12.6. The van der Waals surface area contributed by atoms with Crippen molar-refractivity contribution >= 4 is 5.69 Å². The molecule has 20 heavy (non-hydrogen) atoms. The third-order valence-corrected chi connectivity index (χ3v) is 4.04. The zero-order valence-corrected chi connectivity index (χ0v) is 12.6.